The van der Waals surface area contributed by atoms with E-state index in [0.717, 1.165) is 6.54 Å². The molecule has 1 aliphatic heterocycles. The quantitative estimate of drug-likeness (QED) is 0.725. The number of likely N-dealkylation sites (tertiary alicyclic amines) is 1. The Bertz CT molecular complexity index is 207. The minimum atomic E-state index is 0.294. The van der Waals surface area contributed by atoms with Crippen molar-refractivity contribution in [1.82, 2.24) is 4.90 Å². The molecular weight excluding hydrogens is 186 g/mol. The first kappa shape index (κ1) is 11.4. The van der Waals surface area contributed by atoms with Crippen molar-refractivity contribution < 1.29 is 0 Å². The van der Waals surface area contributed by atoms with Gasteiger partial charge in [0.2, 0.25) is 0 Å². The lowest BCUT2D eigenvalue weighted by Crippen LogP contribution is -2.57. The zero-order valence-electron chi connectivity index (χ0n) is 9.91. The van der Waals surface area contributed by atoms with Crippen LogP contribution in [0.1, 0.15) is 32.1 Å². The average molecular weight is 211 g/mol. The number of hydrogen-bond donors (Lipinski definition) is 2. The summed E-state index contributed by atoms with van der Waals surface area (Å²) in [5.74, 6) is 0.674. The molecule has 3 heteroatoms. The standard InChI is InChI=1S/C12H25N3/c1-15-7-2-4-10(8-15)11(14)12(9-13)5-3-6-12/h10-11H,2-9,13-14H2,1H3. The molecule has 0 spiro atoms. The number of nitrogens with zero attached hydrogens (tertiary/aromatic N) is 1. The summed E-state index contributed by atoms with van der Waals surface area (Å²) in [7, 11) is 2.20. The van der Waals surface area contributed by atoms with Crippen LogP contribution < -0.4 is 11.5 Å². The molecule has 2 unspecified atom stereocenters. The highest BCUT2D eigenvalue weighted by Gasteiger charge is 2.44. The zero-order valence-corrected chi connectivity index (χ0v) is 9.91. The van der Waals surface area contributed by atoms with E-state index < -0.39 is 0 Å². The fourth-order valence-electron chi connectivity index (χ4n) is 3.30. The number of piperidine rings is 1. The molecule has 4 N–H and O–H groups in total. The molecule has 1 heterocycles. The van der Waals surface area contributed by atoms with Crippen LogP contribution in [0.4, 0.5) is 0 Å². The van der Waals surface area contributed by atoms with E-state index in [4.69, 9.17) is 11.5 Å². The second-order valence-corrected chi connectivity index (χ2v) is 5.61. The summed E-state index contributed by atoms with van der Waals surface area (Å²) in [6.45, 7) is 3.19. The largest absolute Gasteiger partial charge is 0.330 e. The molecule has 2 rings (SSSR count). The summed E-state index contributed by atoms with van der Waals surface area (Å²) in [4.78, 5) is 2.41. The van der Waals surface area contributed by atoms with E-state index in [2.05, 4.69) is 11.9 Å². The molecule has 2 aliphatic rings. The molecule has 88 valence electrons. The molecule has 2 fully saturated rings. The summed E-state index contributed by atoms with van der Waals surface area (Å²) in [5, 5.41) is 0. The smallest absolute Gasteiger partial charge is 0.0148 e. The molecule has 2 atom stereocenters. The normalized spacial score (nSPS) is 33.4. The first-order chi connectivity index (χ1) is 7.18. The lowest BCUT2D eigenvalue weighted by molar-refractivity contribution is 0.0471. The lowest BCUT2D eigenvalue weighted by Gasteiger charge is -2.50. The fourth-order valence-corrected chi connectivity index (χ4v) is 3.30. The molecule has 3 nitrogen and oxygen atoms in total. The van der Waals surface area contributed by atoms with E-state index in [-0.39, 0.29) is 0 Å². The van der Waals surface area contributed by atoms with Gasteiger partial charge in [-0.05, 0) is 57.2 Å². The molecule has 1 saturated carbocycles. The van der Waals surface area contributed by atoms with Crippen LogP contribution in [0.15, 0.2) is 0 Å². The van der Waals surface area contributed by atoms with Crippen molar-refractivity contribution in [2.24, 2.45) is 22.8 Å². The molecule has 0 aromatic rings. The summed E-state index contributed by atoms with van der Waals surface area (Å²) in [6.07, 6.45) is 6.44. The molecule has 0 bridgehead atoms. The summed E-state index contributed by atoms with van der Waals surface area (Å²) < 4.78 is 0. The number of hydrogen-bond acceptors (Lipinski definition) is 3. The Labute approximate surface area is 93.2 Å². The average Bonchev–Trinajstić information content (AvgIpc) is 2.17. The van der Waals surface area contributed by atoms with E-state index >= 15 is 0 Å². The molecule has 1 aliphatic carbocycles. The van der Waals surface area contributed by atoms with Crippen LogP contribution in [0, 0.1) is 11.3 Å². The van der Waals surface area contributed by atoms with Gasteiger partial charge in [0, 0.05) is 12.6 Å². The Morgan fingerprint density at radius 2 is 2.13 bits per heavy atom. The van der Waals surface area contributed by atoms with Gasteiger partial charge in [-0.15, -0.1) is 0 Å². The summed E-state index contributed by atoms with van der Waals surface area (Å²) in [6, 6.07) is 0.332. The third-order valence-electron chi connectivity index (χ3n) is 4.63. The van der Waals surface area contributed by atoms with Gasteiger partial charge in [0.15, 0.2) is 0 Å². The number of rotatable bonds is 3. The molecule has 0 aromatic heterocycles. The van der Waals surface area contributed by atoms with Crippen molar-refractivity contribution in [2.75, 3.05) is 26.7 Å². The first-order valence-electron chi connectivity index (χ1n) is 6.32. The van der Waals surface area contributed by atoms with Crippen LogP contribution in [-0.4, -0.2) is 37.6 Å². The Kier molecular flexibility index (Phi) is 3.33. The van der Waals surface area contributed by atoms with Gasteiger partial charge in [-0.2, -0.15) is 0 Å². The fraction of sp³-hybridized carbons (Fsp3) is 1.00. The maximum atomic E-state index is 6.45. The topological polar surface area (TPSA) is 55.3 Å². The van der Waals surface area contributed by atoms with Crippen LogP contribution in [0.25, 0.3) is 0 Å². The van der Waals surface area contributed by atoms with E-state index in [1.54, 1.807) is 0 Å². The van der Waals surface area contributed by atoms with E-state index in [9.17, 15) is 0 Å². The second kappa shape index (κ2) is 4.40. The molecule has 1 saturated heterocycles. The Hall–Kier alpha value is -0.120. The predicted molar refractivity (Wildman–Crippen MR) is 63.5 cm³/mol. The van der Waals surface area contributed by atoms with Gasteiger partial charge in [-0.1, -0.05) is 6.42 Å². The minimum Gasteiger partial charge on any atom is -0.330 e. The van der Waals surface area contributed by atoms with Crippen LogP contribution >= 0.6 is 0 Å². The third-order valence-corrected chi connectivity index (χ3v) is 4.63. The van der Waals surface area contributed by atoms with Gasteiger partial charge in [0.05, 0.1) is 0 Å². The Morgan fingerprint density at radius 3 is 2.60 bits per heavy atom. The van der Waals surface area contributed by atoms with E-state index in [0.29, 0.717) is 17.4 Å². The van der Waals surface area contributed by atoms with E-state index in [1.807, 2.05) is 0 Å². The highest BCUT2D eigenvalue weighted by molar-refractivity contribution is 5.00. The Balaban J connectivity index is 1.96. The van der Waals surface area contributed by atoms with Gasteiger partial charge in [0.25, 0.3) is 0 Å². The number of nitrogens with two attached hydrogens (primary N) is 2. The molecule has 0 aromatic carbocycles. The summed E-state index contributed by atoms with van der Waals surface area (Å²) >= 11 is 0. The SMILES string of the molecule is CN1CCCC(C(N)C2(CN)CCC2)C1. The van der Waals surface area contributed by atoms with Crippen molar-refractivity contribution >= 4 is 0 Å². The zero-order chi connectivity index (χ0) is 10.9. The van der Waals surface area contributed by atoms with Crippen molar-refractivity contribution in [1.29, 1.82) is 0 Å². The van der Waals surface area contributed by atoms with Crippen molar-refractivity contribution in [3.8, 4) is 0 Å². The minimum absolute atomic E-state index is 0.294. The van der Waals surface area contributed by atoms with Gasteiger partial charge in [-0.25, -0.2) is 0 Å². The van der Waals surface area contributed by atoms with Crippen molar-refractivity contribution in [3.05, 3.63) is 0 Å². The highest BCUT2D eigenvalue weighted by atomic mass is 15.1. The van der Waals surface area contributed by atoms with Gasteiger partial charge in [0.1, 0.15) is 0 Å². The van der Waals surface area contributed by atoms with Crippen LogP contribution in [0.5, 0.6) is 0 Å². The van der Waals surface area contributed by atoms with E-state index in [1.165, 1.54) is 45.2 Å². The monoisotopic (exact) mass is 211 g/mol. The molecule has 0 radical (unpaired) electrons. The van der Waals surface area contributed by atoms with Crippen LogP contribution in [0.2, 0.25) is 0 Å². The van der Waals surface area contributed by atoms with Crippen LogP contribution in [-0.2, 0) is 0 Å². The molecule has 15 heavy (non-hydrogen) atoms. The molecular formula is C12H25N3. The first-order valence-corrected chi connectivity index (χ1v) is 6.32. The maximum absolute atomic E-state index is 6.45. The second-order valence-electron chi connectivity index (χ2n) is 5.61. The third kappa shape index (κ3) is 2.05. The summed E-state index contributed by atoms with van der Waals surface area (Å²) in [5.41, 5.74) is 12.7. The maximum Gasteiger partial charge on any atom is 0.0148 e. The highest BCUT2D eigenvalue weighted by Crippen LogP contribution is 2.45. The Morgan fingerprint density at radius 1 is 1.40 bits per heavy atom. The van der Waals surface area contributed by atoms with Crippen molar-refractivity contribution in [2.45, 2.75) is 38.1 Å². The van der Waals surface area contributed by atoms with Gasteiger partial charge >= 0.3 is 0 Å². The lowest BCUT2D eigenvalue weighted by atomic mass is 9.60. The van der Waals surface area contributed by atoms with Gasteiger partial charge < -0.3 is 16.4 Å². The van der Waals surface area contributed by atoms with Crippen molar-refractivity contribution in [3.63, 3.8) is 0 Å². The van der Waals surface area contributed by atoms with Gasteiger partial charge in [-0.3, -0.25) is 0 Å². The molecule has 0 amide bonds. The predicted octanol–water partition coefficient (Wildman–Crippen LogP) is 0.785. The van der Waals surface area contributed by atoms with Crippen LogP contribution in [0.3, 0.4) is 0 Å².